The van der Waals surface area contributed by atoms with Crippen molar-refractivity contribution in [3.8, 4) is 11.6 Å². The summed E-state index contributed by atoms with van der Waals surface area (Å²) >= 11 is 12.1. The van der Waals surface area contributed by atoms with Crippen molar-refractivity contribution in [3.05, 3.63) is 79.9 Å². The summed E-state index contributed by atoms with van der Waals surface area (Å²) in [5.74, 6) is -0.616. The molecule has 0 spiro atoms. The fourth-order valence-electron chi connectivity index (χ4n) is 3.73. The number of pyridine rings is 1. The van der Waals surface area contributed by atoms with Crippen LogP contribution in [0.3, 0.4) is 0 Å². The van der Waals surface area contributed by atoms with Crippen molar-refractivity contribution < 1.29 is 27.6 Å². The first-order valence-electron chi connectivity index (χ1n) is 11.2. The summed E-state index contributed by atoms with van der Waals surface area (Å²) in [5.41, 5.74) is -0.499. The number of likely N-dealkylation sites (N-methyl/N-ethyl adjacent to an activating group) is 1. The van der Waals surface area contributed by atoms with Gasteiger partial charge >= 0.3 is 6.18 Å². The maximum atomic E-state index is 13.0. The van der Waals surface area contributed by atoms with Crippen LogP contribution in [0.4, 0.5) is 30.2 Å². The highest BCUT2D eigenvalue weighted by atomic mass is 35.5. The highest BCUT2D eigenvalue weighted by Gasteiger charge is 2.32. The number of piperazine rings is 1. The van der Waals surface area contributed by atoms with Crippen LogP contribution in [-0.4, -0.2) is 53.9 Å². The van der Waals surface area contributed by atoms with Crippen LogP contribution in [0.1, 0.15) is 15.9 Å². The number of benzene rings is 2. The average molecular weight is 570 g/mol. The minimum atomic E-state index is -4.61. The largest absolute Gasteiger partial charge is 0.435 e. The van der Waals surface area contributed by atoms with Crippen LogP contribution in [0.2, 0.25) is 10.0 Å². The Morgan fingerprint density at radius 3 is 2.42 bits per heavy atom. The topological polar surface area (TPSA) is 101 Å². The van der Waals surface area contributed by atoms with Crippen molar-refractivity contribution in [1.29, 1.82) is 0 Å². The van der Waals surface area contributed by atoms with E-state index >= 15 is 0 Å². The van der Waals surface area contributed by atoms with Gasteiger partial charge in [-0.05, 0) is 37.4 Å². The number of non-ortho nitro benzene ring substituents is 1. The molecule has 200 valence electrons. The molecule has 0 aliphatic carbocycles. The molecular weight excluding hydrogens is 550 g/mol. The number of carbonyl (C=O) groups excluding carboxylic acids is 1. The number of alkyl halides is 3. The number of nitro groups is 1. The van der Waals surface area contributed by atoms with Gasteiger partial charge in [-0.25, -0.2) is 4.98 Å². The van der Waals surface area contributed by atoms with Gasteiger partial charge < -0.3 is 19.9 Å². The maximum Gasteiger partial charge on any atom is 0.417 e. The minimum absolute atomic E-state index is 0.0374. The summed E-state index contributed by atoms with van der Waals surface area (Å²) in [6.07, 6.45) is -3.98. The van der Waals surface area contributed by atoms with Crippen molar-refractivity contribution in [1.82, 2.24) is 9.88 Å². The second-order valence-corrected chi connectivity index (χ2v) is 9.27. The zero-order valence-electron chi connectivity index (χ0n) is 19.8. The van der Waals surface area contributed by atoms with Crippen molar-refractivity contribution in [2.75, 3.05) is 43.4 Å². The predicted molar refractivity (Wildman–Crippen MR) is 137 cm³/mol. The number of rotatable bonds is 6. The molecule has 0 saturated carbocycles. The summed E-state index contributed by atoms with van der Waals surface area (Å²) in [7, 11) is 1.97. The minimum Gasteiger partial charge on any atom is -0.435 e. The lowest BCUT2D eigenvalue weighted by Crippen LogP contribution is -2.44. The van der Waals surface area contributed by atoms with E-state index in [1.165, 1.54) is 24.3 Å². The number of aromatic nitrogens is 1. The van der Waals surface area contributed by atoms with Crippen LogP contribution < -0.4 is 15.0 Å². The number of nitrogens with zero attached hydrogens (tertiary/aromatic N) is 4. The highest BCUT2D eigenvalue weighted by molar-refractivity contribution is 6.34. The number of hydrogen-bond donors (Lipinski definition) is 1. The van der Waals surface area contributed by atoms with Gasteiger partial charge in [-0.15, -0.1) is 0 Å². The molecule has 1 N–H and O–H groups in total. The fourth-order valence-corrected chi connectivity index (χ4v) is 4.14. The quantitative estimate of drug-likeness (QED) is 0.282. The third-order valence-electron chi connectivity index (χ3n) is 5.81. The van der Waals surface area contributed by atoms with E-state index in [4.69, 9.17) is 27.9 Å². The summed E-state index contributed by atoms with van der Waals surface area (Å²) in [6, 6.07) is 8.93. The van der Waals surface area contributed by atoms with Crippen LogP contribution in [0.15, 0.2) is 48.7 Å². The van der Waals surface area contributed by atoms with Crippen LogP contribution in [0.5, 0.6) is 11.6 Å². The molecular formula is C24H20Cl2F3N5O4. The number of hydrogen-bond acceptors (Lipinski definition) is 7. The monoisotopic (exact) mass is 569 g/mol. The fraction of sp³-hybridized carbons (Fsp3) is 0.250. The molecule has 1 amide bonds. The molecule has 4 rings (SSSR count). The molecule has 1 aliphatic rings. The first-order chi connectivity index (χ1) is 17.9. The van der Waals surface area contributed by atoms with Crippen LogP contribution >= 0.6 is 23.2 Å². The Morgan fingerprint density at radius 2 is 1.79 bits per heavy atom. The molecule has 0 bridgehead atoms. The SMILES string of the molecule is CN1CCN(c2cc(NC(=O)c3cc([N+](=O)[O-])ccc3Cl)ccc2Oc2ncc(C(F)(F)F)cc2Cl)CC1. The molecule has 14 heteroatoms. The molecule has 2 aromatic carbocycles. The van der Waals surface area contributed by atoms with Crippen molar-refractivity contribution in [3.63, 3.8) is 0 Å². The molecule has 1 saturated heterocycles. The highest BCUT2D eigenvalue weighted by Crippen LogP contribution is 2.39. The molecule has 9 nitrogen and oxygen atoms in total. The first kappa shape index (κ1) is 27.4. The van der Waals surface area contributed by atoms with E-state index in [0.29, 0.717) is 30.7 Å². The van der Waals surface area contributed by atoms with Gasteiger partial charge in [-0.3, -0.25) is 14.9 Å². The summed E-state index contributed by atoms with van der Waals surface area (Å²) in [6.45, 7) is 2.68. The zero-order chi connectivity index (χ0) is 27.6. The van der Waals surface area contributed by atoms with Gasteiger partial charge in [0.05, 0.1) is 26.8 Å². The Balaban J connectivity index is 1.65. The number of ether oxygens (including phenoxy) is 1. The second-order valence-electron chi connectivity index (χ2n) is 8.46. The Morgan fingerprint density at radius 1 is 1.08 bits per heavy atom. The average Bonchev–Trinajstić information content (AvgIpc) is 2.86. The third kappa shape index (κ3) is 6.26. The number of amides is 1. The van der Waals surface area contributed by atoms with Crippen LogP contribution in [0, 0.1) is 10.1 Å². The number of anilines is 2. The van der Waals surface area contributed by atoms with Gasteiger partial charge in [0.25, 0.3) is 11.6 Å². The molecule has 1 aromatic heterocycles. The molecule has 0 atom stereocenters. The zero-order valence-corrected chi connectivity index (χ0v) is 21.3. The van der Waals surface area contributed by atoms with Crippen molar-refractivity contribution in [2.24, 2.45) is 0 Å². The third-order valence-corrected chi connectivity index (χ3v) is 6.41. The van der Waals surface area contributed by atoms with Gasteiger partial charge in [-0.1, -0.05) is 23.2 Å². The maximum absolute atomic E-state index is 13.0. The number of nitrogens with one attached hydrogen (secondary N) is 1. The molecule has 0 unspecified atom stereocenters. The Hall–Kier alpha value is -3.61. The first-order valence-corrected chi connectivity index (χ1v) is 11.9. The van der Waals surface area contributed by atoms with Gasteiger partial charge in [0.15, 0.2) is 5.75 Å². The molecule has 2 heterocycles. The number of carbonyl (C=O) groups is 1. The van der Waals surface area contributed by atoms with Crippen molar-refractivity contribution >= 4 is 46.2 Å². The second kappa shape index (κ2) is 11.0. The molecule has 38 heavy (non-hydrogen) atoms. The van der Waals surface area contributed by atoms with E-state index in [-0.39, 0.29) is 32.9 Å². The van der Waals surface area contributed by atoms with Gasteiger partial charge in [-0.2, -0.15) is 13.2 Å². The van der Waals surface area contributed by atoms with Gasteiger partial charge in [0.1, 0.15) is 5.02 Å². The van der Waals surface area contributed by atoms with E-state index in [9.17, 15) is 28.1 Å². The lowest BCUT2D eigenvalue weighted by Gasteiger charge is -2.35. The van der Waals surface area contributed by atoms with Gasteiger partial charge in [0.2, 0.25) is 5.88 Å². The number of nitro benzene ring substituents is 1. The standard InChI is InChI=1S/C24H20Cl2F3N5O4/c1-32-6-8-33(9-7-32)20-11-15(31-22(35)17-12-16(34(36)37)3-4-18(17)25)2-5-21(20)38-23-19(26)10-14(13-30-23)24(27,28)29/h2-5,10-13H,6-9H2,1H3,(H,31,35). The molecule has 1 aliphatic heterocycles. The van der Waals surface area contributed by atoms with Crippen LogP contribution in [0.25, 0.3) is 0 Å². The van der Waals surface area contributed by atoms with Crippen molar-refractivity contribution in [2.45, 2.75) is 6.18 Å². The van der Waals surface area contributed by atoms with E-state index in [1.54, 1.807) is 6.07 Å². The van der Waals surface area contributed by atoms with E-state index in [2.05, 4.69) is 15.2 Å². The van der Waals surface area contributed by atoms with E-state index in [1.807, 2.05) is 11.9 Å². The molecule has 3 aromatic rings. The molecule has 1 fully saturated rings. The van der Waals surface area contributed by atoms with E-state index in [0.717, 1.165) is 25.2 Å². The smallest absolute Gasteiger partial charge is 0.417 e. The Bertz CT molecular complexity index is 1380. The lowest BCUT2D eigenvalue weighted by atomic mass is 10.1. The lowest BCUT2D eigenvalue weighted by molar-refractivity contribution is -0.384. The van der Waals surface area contributed by atoms with Crippen LogP contribution in [-0.2, 0) is 6.18 Å². The van der Waals surface area contributed by atoms with E-state index < -0.39 is 22.6 Å². The molecule has 0 radical (unpaired) electrons. The predicted octanol–water partition coefficient (Wildman–Crippen LogP) is 6.11. The number of halogens is 5. The van der Waals surface area contributed by atoms with Gasteiger partial charge in [0, 0.05) is 50.2 Å². The summed E-state index contributed by atoms with van der Waals surface area (Å²) < 4.78 is 44.8. The normalized spacial score (nSPS) is 14.3. The summed E-state index contributed by atoms with van der Waals surface area (Å²) in [5, 5.41) is 13.5. The summed E-state index contributed by atoms with van der Waals surface area (Å²) in [4.78, 5) is 31.2. The Labute approximate surface area is 224 Å². The Kier molecular flexibility index (Phi) is 7.95.